The Morgan fingerprint density at radius 1 is 1.22 bits per heavy atom. The van der Waals surface area contributed by atoms with E-state index in [1.807, 2.05) is 24.3 Å². The van der Waals surface area contributed by atoms with Gasteiger partial charge in [-0.25, -0.2) is 4.39 Å². The molecule has 146 valence electrons. The van der Waals surface area contributed by atoms with Crippen LogP contribution in [0.25, 0.3) is 0 Å². The molecule has 1 amide bonds. The Hall–Kier alpha value is -1.95. The third-order valence-electron chi connectivity index (χ3n) is 5.14. The number of carbonyl (C=O) groups excluding carboxylic acids is 1. The highest BCUT2D eigenvalue weighted by molar-refractivity contribution is 5.85. The number of hydrogen-bond donors (Lipinski definition) is 2. The zero-order valence-corrected chi connectivity index (χ0v) is 16.3. The molecule has 0 aromatic heterocycles. The molecule has 27 heavy (non-hydrogen) atoms. The largest absolute Gasteiger partial charge is 0.351 e. The molecule has 0 spiro atoms. The van der Waals surface area contributed by atoms with Crippen LogP contribution in [0.15, 0.2) is 48.5 Å². The average Bonchev–Trinajstić information content (AvgIpc) is 3.06. The summed E-state index contributed by atoms with van der Waals surface area (Å²) in [5.41, 5.74) is 8.61. The Kier molecular flexibility index (Phi) is 7.78. The first kappa shape index (κ1) is 21.4. The molecule has 0 saturated carbocycles. The monoisotopic (exact) mass is 391 g/mol. The fourth-order valence-corrected chi connectivity index (χ4v) is 3.61. The molecule has 2 atom stereocenters. The van der Waals surface area contributed by atoms with Gasteiger partial charge in [-0.3, -0.25) is 9.69 Å². The smallest absolute Gasteiger partial charge is 0.234 e. The summed E-state index contributed by atoms with van der Waals surface area (Å²) in [6.07, 6.45) is 0. The molecule has 0 unspecified atom stereocenters. The Balaban J connectivity index is 0.00000261. The van der Waals surface area contributed by atoms with Crippen LogP contribution >= 0.6 is 12.4 Å². The molecule has 1 fully saturated rings. The van der Waals surface area contributed by atoms with Crippen molar-refractivity contribution in [3.8, 4) is 0 Å². The molecular formula is C21H27ClFN3O. The highest BCUT2D eigenvalue weighted by Gasteiger charge is 2.33. The molecule has 3 N–H and O–H groups in total. The topological polar surface area (TPSA) is 58.4 Å². The second-order valence-corrected chi connectivity index (χ2v) is 7.07. The summed E-state index contributed by atoms with van der Waals surface area (Å²) in [6.45, 7) is 4.67. The quantitative estimate of drug-likeness (QED) is 0.796. The van der Waals surface area contributed by atoms with Crippen molar-refractivity contribution < 1.29 is 9.18 Å². The van der Waals surface area contributed by atoms with Gasteiger partial charge in [-0.05, 0) is 42.1 Å². The van der Waals surface area contributed by atoms with E-state index in [0.29, 0.717) is 37.0 Å². The van der Waals surface area contributed by atoms with Gasteiger partial charge in [-0.2, -0.15) is 0 Å². The van der Waals surface area contributed by atoms with Gasteiger partial charge >= 0.3 is 0 Å². The van der Waals surface area contributed by atoms with Crippen LogP contribution in [0.4, 0.5) is 4.39 Å². The summed E-state index contributed by atoms with van der Waals surface area (Å²) in [5.74, 6) is 0.430. The van der Waals surface area contributed by atoms with Gasteiger partial charge in [-0.15, -0.1) is 12.4 Å². The minimum Gasteiger partial charge on any atom is -0.351 e. The van der Waals surface area contributed by atoms with E-state index in [1.54, 1.807) is 13.0 Å². The van der Waals surface area contributed by atoms with E-state index in [4.69, 9.17) is 5.73 Å². The lowest BCUT2D eigenvalue weighted by molar-refractivity contribution is -0.122. The fourth-order valence-electron chi connectivity index (χ4n) is 3.61. The SMILES string of the molecule is Cc1ccc(CNC(=O)CN2C[C@@H](CN)[C@H](c3ccccc3)C2)cc1F.Cl. The lowest BCUT2D eigenvalue weighted by Crippen LogP contribution is -2.36. The normalized spacial score (nSPS) is 19.5. The summed E-state index contributed by atoms with van der Waals surface area (Å²) in [6, 6.07) is 15.4. The van der Waals surface area contributed by atoms with Crippen molar-refractivity contribution in [1.29, 1.82) is 0 Å². The summed E-state index contributed by atoms with van der Waals surface area (Å²) in [7, 11) is 0. The van der Waals surface area contributed by atoms with Gasteiger partial charge in [0, 0.05) is 25.6 Å². The van der Waals surface area contributed by atoms with Crippen LogP contribution in [0, 0.1) is 18.7 Å². The molecule has 1 aliphatic heterocycles. The number of nitrogens with zero attached hydrogens (tertiary/aromatic N) is 1. The maximum atomic E-state index is 13.6. The molecule has 0 bridgehead atoms. The molecule has 1 saturated heterocycles. The van der Waals surface area contributed by atoms with Gasteiger partial charge in [0.2, 0.25) is 5.91 Å². The third kappa shape index (κ3) is 5.51. The summed E-state index contributed by atoms with van der Waals surface area (Å²) >= 11 is 0. The van der Waals surface area contributed by atoms with E-state index in [0.717, 1.165) is 18.7 Å². The van der Waals surface area contributed by atoms with Gasteiger partial charge in [0.25, 0.3) is 0 Å². The van der Waals surface area contributed by atoms with Crippen LogP contribution in [0.5, 0.6) is 0 Å². The number of halogens is 2. The Labute approximate surface area is 166 Å². The van der Waals surface area contributed by atoms with Crippen molar-refractivity contribution in [2.45, 2.75) is 19.4 Å². The molecule has 4 nitrogen and oxygen atoms in total. The van der Waals surface area contributed by atoms with Crippen LogP contribution in [0.3, 0.4) is 0 Å². The molecule has 1 aliphatic rings. The van der Waals surface area contributed by atoms with Crippen LogP contribution in [0.1, 0.15) is 22.6 Å². The number of amides is 1. The van der Waals surface area contributed by atoms with E-state index in [1.165, 1.54) is 11.6 Å². The van der Waals surface area contributed by atoms with E-state index >= 15 is 0 Å². The molecule has 2 aromatic carbocycles. The highest BCUT2D eigenvalue weighted by Crippen LogP contribution is 2.31. The van der Waals surface area contributed by atoms with Crippen LogP contribution in [-0.2, 0) is 11.3 Å². The van der Waals surface area contributed by atoms with Crippen molar-refractivity contribution in [1.82, 2.24) is 10.2 Å². The average molecular weight is 392 g/mol. The fraction of sp³-hybridized carbons (Fsp3) is 0.381. The number of rotatable bonds is 6. The van der Waals surface area contributed by atoms with Crippen molar-refractivity contribution >= 4 is 18.3 Å². The Bertz CT molecular complexity index is 756. The molecule has 3 rings (SSSR count). The van der Waals surface area contributed by atoms with E-state index < -0.39 is 0 Å². The number of benzene rings is 2. The summed E-state index contributed by atoms with van der Waals surface area (Å²) in [5, 5.41) is 2.88. The van der Waals surface area contributed by atoms with E-state index in [9.17, 15) is 9.18 Å². The molecule has 0 radical (unpaired) electrons. The first-order valence-corrected chi connectivity index (χ1v) is 9.06. The minimum absolute atomic E-state index is 0. The molecule has 6 heteroatoms. The summed E-state index contributed by atoms with van der Waals surface area (Å²) in [4.78, 5) is 14.4. The number of aryl methyl sites for hydroxylation is 1. The molecule has 0 aliphatic carbocycles. The number of nitrogens with one attached hydrogen (secondary N) is 1. The van der Waals surface area contributed by atoms with Crippen LogP contribution in [0.2, 0.25) is 0 Å². The molecular weight excluding hydrogens is 365 g/mol. The maximum absolute atomic E-state index is 13.6. The van der Waals surface area contributed by atoms with Crippen LogP contribution in [-0.4, -0.2) is 37.0 Å². The number of likely N-dealkylation sites (tertiary alicyclic amines) is 1. The first-order valence-electron chi connectivity index (χ1n) is 9.06. The van der Waals surface area contributed by atoms with E-state index in [2.05, 4.69) is 22.3 Å². The van der Waals surface area contributed by atoms with Gasteiger partial charge in [0.05, 0.1) is 6.54 Å². The second-order valence-electron chi connectivity index (χ2n) is 7.07. The van der Waals surface area contributed by atoms with Crippen molar-refractivity contribution in [3.63, 3.8) is 0 Å². The van der Waals surface area contributed by atoms with Gasteiger partial charge in [-0.1, -0.05) is 42.5 Å². The third-order valence-corrected chi connectivity index (χ3v) is 5.14. The van der Waals surface area contributed by atoms with Gasteiger partial charge < -0.3 is 11.1 Å². The predicted octanol–water partition coefficient (Wildman–Crippen LogP) is 2.85. The maximum Gasteiger partial charge on any atom is 0.234 e. The lowest BCUT2D eigenvalue weighted by Gasteiger charge is -2.16. The zero-order chi connectivity index (χ0) is 18.5. The predicted molar refractivity (Wildman–Crippen MR) is 108 cm³/mol. The first-order chi connectivity index (χ1) is 12.6. The lowest BCUT2D eigenvalue weighted by atomic mass is 9.89. The summed E-state index contributed by atoms with van der Waals surface area (Å²) < 4.78 is 13.6. The van der Waals surface area contributed by atoms with Crippen LogP contribution < -0.4 is 11.1 Å². The van der Waals surface area contributed by atoms with Gasteiger partial charge in [0.15, 0.2) is 0 Å². The second kappa shape index (κ2) is 9.83. The van der Waals surface area contributed by atoms with Gasteiger partial charge in [0.1, 0.15) is 5.82 Å². The highest BCUT2D eigenvalue weighted by atomic mass is 35.5. The zero-order valence-electron chi connectivity index (χ0n) is 15.5. The van der Waals surface area contributed by atoms with Crippen molar-refractivity contribution in [3.05, 3.63) is 71.0 Å². The molecule has 1 heterocycles. The number of nitrogens with two attached hydrogens (primary N) is 1. The van der Waals surface area contributed by atoms with E-state index in [-0.39, 0.29) is 24.1 Å². The standard InChI is InChI=1S/C21H26FN3O.ClH/c1-15-7-8-16(9-20(15)22)11-24-21(26)14-25-12-18(10-23)19(13-25)17-5-3-2-4-6-17;/h2-9,18-19H,10-14,23H2,1H3,(H,24,26);1H/t18-,19+;/m1./s1. The number of carbonyl (C=O) groups is 1. The Morgan fingerprint density at radius 3 is 2.63 bits per heavy atom. The molecule has 2 aromatic rings. The van der Waals surface area contributed by atoms with Crippen molar-refractivity contribution in [2.24, 2.45) is 11.7 Å². The van der Waals surface area contributed by atoms with Crippen molar-refractivity contribution in [2.75, 3.05) is 26.2 Å². The minimum atomic E-state index is -0.243. The number of hydrogen-bond acceptors (Lipinski definition) is 3. The Morgan fingerprint density at radius 2 is 1.96 bits per heavy atom.